The number of piperazine rings is 1. The highest BCUT2D eigenvalue weighted by atomic mass is 16.2. The Morgan fingerprint density at radius 3 is 2.52 bits per heavy atom. The molecule has 7 nitrogen and oxygen atoms in total. The Morgan fingerprint density at radius 2 is 1.86 bits per heavy atom. The molecule has 0 bridgehead atoms. The Balaban J connectivity index is 1.35. The summed E-state index contributed by atoms with van der Waals surface area (Å²) in [7, 11) is 0. The van der Waals surface area contributed by atoms with Gasteiger partial charge < -0.3 is 14.7 Å². The lowest BCUT2D eigenvalue weighted by Crippen LogP contribution is -2.51. The van der Waals surface area contributed by atoms with Gasteiger partial charge in [-0.15, -0.1) is 0 Å². The number of anilines is 2. The Hall–Kier alpha value is -2.96. The highest BCUT2D eigenvalue weighted by Crippen LogP contribution is 2.27. The molecule has 2 aliphatic heterocycles. The molecule has 1 aromatic carbocycles. The van der Waals surface area contributed by atoms with Gasteiger partial charge in [0.15, 0.2) is 0 Å². The first kappa shape index (κ1) is 19.4. The molecule has 1 atom stereocenters. The molecule has 3 heterocycles. The van der Waals surface area contributed by atoms with Crippen LogP contribution in [0.15, 0.2) is 42.9 Å². The summed E-state index contributed by atoms with van der Waals surface area (Å²) in [6, 6.07) is 8.14. The standard InChI is InChI=1S/C22H27N5O2/c1-2-3-17-4-6-19(7-5-17)27-16-18(14-21(27)28)22(29)26-12-10-25(11-13-26)20-15-23-8-9-24-20/h4-9,15,18H,2-3,10-14,16H2,1H3. The third-order valence-electron chi connectivity index (χ3n) is 5.73. The van der Waals surface area contributed by atoms with Crippen molar-refractivity contribution in [3.05, 3.63) is 48.4 Å². The maximum Gasteiger partial charge on any atom is 0.228 e. The molecule has 0 saturated carbocycles. The number of hydrogen-bond donors (Lipinski definition) is 0. The SMILES string of the molecule is CCCc1ccc(N2CC(C(=O)N3CCN(c4cnccn4)CC3)CC2=O)cc1. The second-order valence-electron chi connectivity index (χ2n) is 7.70. The van der Waals surface area contributed by atoms with Gasteiger partial charge in [-0.2, -0.15) is 0 Å². The summed E-state index contributed by atoms with van der Waals surface area (Å²) >= 11 is 0. The summed E-state index contributed by atoms with van der Waals surface area (Å²) in [6.07, 6.45) is 7.51. The van der Waals surface area contributed by atoms with Crippen LogP contribution in [0.25, 0.3) is 0 Å². The van der Waals surface area contributed by atoms with Crippen LogP contribution in [0.4, 0.5) is 11.5 Å². The normalized spacial score (nSPS) is 19.7. The molecule has 0 radical (unpaired) electrons. The van der Waals surface area contributed by atoms with Crippen LogP contribution < -0.4 is 9.80 Å². The molecule has 2 fully saturated rings. The zero-order valence-corrected chi connectivity index (χ0v) is 16.8. The van der Waals surface area contributed by atoms with Crippen LogP contribution in [-0.4, -0.2) is 59.4 Å². The first-order valence-electron chi connectivity index (χ1n) is 10.3. The Kier molecular flexibility index (Phi) is 5.74. The highest BCUT2D eigenvalue weighted by Gasteiger charge is 2.38. The van der Waals surface area contributed by atoms with E-state index in [0.29, 0.717) is 26.1 Å². The maximum atomic E-state index is 13.0. The van der Waals surface area contributed by atoms with Crippen molar-refractivity contribution in [3.63, 3.8) is 0 Å². The van der Waals surface area contributed by atoms with Crippen molar-refractivity contribution >= 4 is 23.3 Å². The van der Waals surface area contributed by atoms with Crippen molar-refractivity contribution in [2.75, 3.05) is 42.5 Å². The van der Waals surface area contributed by atoms with E-state index in [1.54, 1.807) is 23.5 Å². The first-order chi connectivity index (χ1) is 14.2. The number of aryl methyl sites for hydroxylation is 1. The van der Waals surface area contributed by atoms with Gasteiger partial charge in [0.25, 0.3) is 0 Å². The smallest absolute Gasteiger partial charge is 0.228 e. The van der Waals surface area contributed by atoms with Gasteiger partial charge in [0, 0.05) is 57.2 Å². The molecule has 4 rings (SSSR count). The molecule has 0 N–H and O–H groups in total. The number of hydrogen-bond acceptors (Lipinski definition) is 5. The van der Waals surface area contributed by atoms with E-state index in [1.807, 2.05) is 17.0 Å². The highest BCUT2D eigenvalue weighted by molar-refractivity contribution is 6.00. The summed E-state index contributed by atoms with van der Waals surface area (Å²) in [5.41, 5.74) is 2.16. The van der Waals surface area contributed by atoms with Crippen LogP contribution in [0.5, 0.6) is 0 Å². The van der Waals surface area contributed by atoms with Gasteiger partial charge in [0.1, 0.15) is 5.82 Å². The monoisotopic (exact) mass is 393 g/mol. The molecule has 1 aromatic heterocycles. The third kappa shape index (κ3) is 4.23. The van der Waals surface area contributed by atoms with E-state index >= 15 is 0 Å². The summed E-state index contributed by atoms with van der Waals surface area (Å²) in [6.45, 7) is 5.37. The number of benzene rings is 1. The van der Waals surface area contributed by atoms with Gasteiger partial charge in [-0.05, 0) is 24.1 Å². The minimum Gasteiger partial charge on any atom is -0.352 e. The van der Waals surface area contributed by atoms with E-state index in [2.05, 4.69) is 33.9 Å². The van der Waals surface area contributed by atoms with Crippen LogP contribution in [0.2, 0.25) is 0 Å². The van der Waals surface area contributed by atoms with Crippen molar-refractivity contribution in [1.29, 1.82) is 0 Å². The van der Waals surface area contributed by atoms with Crippen molar-refractivity contribution in [3.8, 4) is 0 Å². The molecule has 1 unspecified atom stereocenters. The van der Waals surface area contributed by atoms with Gasteiger partial charge in [-0.1, -0.05) is 25.5 Å². The number of carbonyl (C=O) groups excluding carboxylic acids is 2. The topological polar surface area (TPSA) is 69.6 Å². The quantitative estimate of drug-likeness (QED) is 0.778. The van der Waals surface area contributed by atoms with Crippen LogP contribution in [-0.2, 0) is 16.0 Å². The van der Waals surface area contributed by atoms with E-state index in [-0.39, 0.29) is 17.7 Å². The van der Waals surface area contributed by atoms with E-state index in [1.165, 1.54) is 5.56 Å². The van der Waals surface area contributed by atoms with Crippen LogP contribution in [0, 0.1) is 5.92 Å². The summed E-state index contributed by atoms with van der Waals surface area (Å²) in [5.74, 6) is 0.696. The summed E-state index contributed by atoms with van der Waals surface area (Å²) in [5, 5.41) is 0. The molecule has 2 aromatic rings. The van der Waals surface area contributed by atoms with E-state index < -0.39 is 0 Å². The van der Waals surface area contributed by atoms with E-state index in [4.69, 9.17) is 0 Å². The number of rotatable bonds is 5. The van der Waals surface area contributed by atoms with E-state index in [9.17, 15) is 9.59 Å². The Bertz CT molecular complexity index is 847. The van der Waals surface area contributed by atoms with Crippen molar-refractivity contribution in [1.82, 2.24) is 14.9 Å². The second kappa shape index (κ2) is 8.59. The zero-order valence-electron chi connectivity index (χ0n) is 16.8. The molecular formula is C22H27N5O2. The summed E-state index contributed by atoms with van der Waals surface area (Å²) in [4.78, 5) is 39.8. The molecular weight excluding hydrogens is 366 g/mol. The molecule has 0 aliphatic carbocycles. The molecule has 2 aliphatic rings. The first-order valence-corrected chi connectivity index (χ1v) is 10.3. The van der Waals surface area contributed by atoms with E-state index in [0.717, 1.165) is 37.4 Å². The van der Waals surface area contributed by atoms with Gasteiger partial charge >= 0.3 is 0 Å². The number of aromatic nitrogens is 2. The molecule has 7 heteroatoms. The predicted octanol–water partition coefficient (Wildman–Crippen LogP) is 2.13. The number of amides is 2. The molecule has 152 valence electrons. The predicted molar refractivity (Wildman–Crippen MR) is 112 cm³/mol. The molecule has 2 saturated heterocycles. The average molecular weight is 393 g/mol. The molecule has 29 heavy (non-hydrogen) atoms. The minimum absolute atomic E-state index is 0.0322. The van der Waals surface area contributed by atoms with Gasteiger partial charge in [0.05, 0.1) is 12.1 Å². The van der Waals surface area contributed by atoms with Gasteiger partial charge in [-0.3, -0.25) is 14.6 Å². The van der Waals surface area contributed by atoms with Crippen LogP contribution in [0.1, 0.15) is 25.3 Å². The Labute approximate surface area is 171 Å². The van der Waals surface area contributed by atoms with Crippen molar-refractivity contribution < 1.29 is 9.59 Å². The Morgan fingerprint density at radius 1 is 1.10 bits per heavy atom. The molecule has 2 amide bonds. The van der Waals surface area contributed by atoms with Crippen LogP contribution in [0.3, 0.4) is 0 Å². The third-order valence-corrected chi connectivity index (χ3v) is 5.73. The fourth-order valence-corrected chi connectivity index (χ4v) is 4.12. The van der Waals surface area contributed by atoms with Crippen molar-refractivity contribution in [2.24, 2.45) is 5.92 Å². The molecule has 0 spiro atoms. The average Bonchev–Trinajstić information content (AvgIpc) is 3.16. The largest absolute Gasteiger partial charge is 0.352 e. The lowest BCUT2D eigenvalue weighted by molar-refractivity contribution is -0.136. The van der Waals surface area contributed by atoms with Crippen LogP contribution >= 0.6 is 0 Å². The second-order valence-corrected chi connectivity index (χ2v) is 7.70. The maximum absolute atomic E-state index is 13.0. The van der Waals surface area contributed by atoms with Crippen molar-refractivity contribution in [2.45, 2.75) is 26.2 Å². The lowest BCUT2D eigenvalue weighted by Gasteiger charge is -2.36. The lowest BCUT2D eigenvalue weighted by atomic mass is 10.1. The number of nitrogens with zero attached hydrogens (tertiary/aromatic N) is 5. The van der Waals surface area contributed by atoms with Gasteiger partial charge in [-0.25, -0.2) is 4.98 Å². The zero-order chi connectivity index (χ0) is 20.2. The van der Waals surface area contributed by atoms with Gasteiger partial charge in [0.2, 0.25) is 11.8 Å². The fourth-order valence-electron chi connectivity index (χ4n) is 4.12. The fraction of sp³-hybridized carbons (Fsp3) is 0.455. The minimum atomic E-state index is -0.263. The number of carbonyl (C=O) groups is 2. The summed E-state index contributed by atoms with van der Waals surface area (Å²) < 4.78 is 0.